The maximum atomic E-state index is 11.8. The highest BCUT2D eigenvalue weighted by Gasteiger charge is 2.20. The van der Waals surface area contributed by atoms with Crippen molar-refractivity contribution in [1.82, 2.24) is 34.4 Å². The molecule has 0 radical (unpaired) electrons. The molecule has 0 saturated carbocycles. The number of nitrogens with one attached hydrogen (secondary N) is 2. The molecule has 0 aliphatic carbocycles. The Hall–Kier alpha value is -3.66. The highest BCUT2D eigenvalue weighted by molar-refractivity contribution is 7.90. The lowest BCUT2D eigenvalue weighted by Crippen LogP contribution is -2.34. The van der Waals surface area contributed by atoms with Gasteiger partial charge >= 0.3 is 5.97 Å². The molecule has 0 amide bonds. The molecule has 0 atom stereocenters. The van der Waals surface area contributed by atoms with Crippen molar-refractivity contribution in [3.8, 4) is 0 Å². The first-order chi connectivity index (χ1) is 18.6. The first kappa shape index (κ1) is 26.9. The van der Waals surface area contributed by atoms with Crippen molar-refractivity contribution in [2.45, 2.75) is 24.8 Å². The predicted octanol–water partition coefficient (Wildman–Crippen LogP) is 2.45. The molecule has 3 N–H and O–H groups in total. The fourth-order valence-electron chi connectivity index (χ4n) is 4.28. The van der Waals surface area contributed by atoms with E-state index < -0.39 is 15.8 Å². The lowest BCUT2D eigenvalue weighted by atomic mass is 10.2. The summed E-state index contributed by atoms with van der Waals surface area (Å²) < 4.78 is 25.5. The molecule has 1 fully saturated rings. The Morgan fingerprint density at radius 1 is 1.10 bits per heavy atom. The van der Waals surface area contributed by atoms with Crippen LogP contribution in [0.4, 0.5) is 16.9 Å². The fourth-order valence-corrected chi connectivity index (χ4v) is 5.71. The van der Waals surface area contributed by atoms with Gasteiger partial charge in [0.1, 0.15) is 4.88 Å². The molecule has 5 rings (SSSR count). The Morgan fingerprint density at radius 2 is 1.87 bits per heavy atom. The smallest absolute Gasteiger partial charge is 0.347 e. The van der Waals surface area contributed by atoms with Gasteiger partial charge in [-0.25, -0.2) is 28.2 Å². The summed E-state index contributed by atoms with van der Waals surface area (Å²) in [6, 6.07) is 6.70. The lowest BCUT2D eigenvalue weighted by molar-refractivity contribution is 0.0701. The van der Waals surface area contributed by atoms with Crippen molar-refractivity contribution < 1.29 is 18.3 Å². The van der Waals surface area contributed by atoms with Crippen molar-refractivity contribution in [3.05, 3.63) is 46.7 Å². The van der Waals surface area contributed by atoms with Gasteiger partial charge in [0.15, 0.2) is 32.0 Å². The number of fused-ring (bicyclic) bond motifs is 1. The van der Waals surface area contributed by atoms with Crippen LogP contribution in [0, 0.1) is 6.92 Å². The summed E-state index contributed by atoms with van der Waals surface area (Å²) in [6.45, 7) is 5.59. The molecular weight excluding hydrogens is 542 g/mol. The standard InChI is InChI=1S/C24H29N9O4S2/c1-15-19(22(34)35)38-24(26-15)29-23-27-20(30-33-10-4-9-31(2)11-12-33)18-21(28-23)32(14-25-18)13-16-5-7-17(8-6-16)39(3,36)37/h5-8,14H,4,9-13H2,1-3H3,(H,34,35)(H2,26,27,28,29,30). The number of sulfone groups is 1. The van der Waals surface area contributed by atoms with Crippen LogP contribution in [0.25, 0.3) is 11.2 Å². The molecule has 4 heterocycles. The third-order valence-electron chi connectivity index (χ3n) is 6.36. The predicted molar refractivity (Wildman–Crippen MR) is 148 cm³/mol. The van der Waals surface area contributed by atoms with E-state index in [1.165, 1.54) is 6.26 Å². The van der Waals surface area contributed by atoms with Gasteiger partial charge in [0, 0.05) is 25.9 Å². The summed E-state index contributed by atoms with van der Waals surface area (Å²) in [4.78, 5) is 32.4. The molecule has 15 heteroatoms. The molecule has 1 aliphatic rings. The van der Waals surface area contributed by atoms with E-state index >= 15 is 0 Å². The van der Waals surface area contributed by atoms with Gasteiger partial charge < -0.3 is 20.0 Å². The monoisotopic (exact) mass is 571 g/mol. The largest absolute Gasteiger partial charge is 0.477 e. The number of anilines is 3. The molecule has 3 aromatic heterocycles. The molecule has 0 spiro atoms. The van der Waals surface area contributed by atoms with Crippen LogP contribution in [0.5, 0.6) is 0 Å². The number of carboxylic acid groups (broad SMARTS) is 1. The molecule has 0 unspecified atom stereocenters. The van der Waals surface area contributed by atoms with Gasteiger partial charge in [0.05, 0.1) is 23.5 Å². The number of hydrogen-bond acceptors (Lipinski definition) is 12. The average molecular weight is 572 g/mol. The number of carboxylic acids is 1. The second kappa shape index (κ2) is 10.8. The number of hydrazine groups is 1. The van der Waals surface area contributed by atoms with Crippen molar-refractivity contribution in [3.63, 3.8) is 0 Å². The molecule has 1 aliphatic heterocycles. The second-order valence-electron chi connectivity index (χ2n) is 9.48. The number of benzene rings is 1. The zero-order valence-corrected chi connectivity index (χ0v) is 23.4. The van der Waals surface area contributed by atoms with Gasteiger partial charge in [-0.3, -0.25) is 5.32 Å². The Labute approximate surface area is 229 Å². The first-order valence-corrected chi connectivity index (χ1v) is 15.0. The minimum absolute atomic E-state index is 0.146. The average Bonchev–Trinajstić information content (AvgIpc) is 3.38. The Balaban J connectivity index is 1.50. The summed E-state index contributed by atoms with van der Waals surface area (Å²) in [5.41, 5.74) is 5.83. The molecule has 1 saturated heterocycles. The number of aryl methyl sites for hydroxylation is 1. The summed E-state index contributed by atoms with van der Waals surface area (Å²) in [5, 5.41) is 14.9. The first-order valence-electron chi connectivity index (χ1n) is 12.3. The third-order valence-corrected chi connectivity index (χ3v) is 8.55. The van der Waals surface area contributed by atoms with Crippen LogP contribution >= 0.6 is 11.3 Å². The summed E-state index contributed by atoms with van der Waals surface area (Å²) in [5.74, 6) is -0.273. The van der Waals surface area contributed by atoms with E-state index in [1.807, 2.05) is 4.57 Å². The molecule has 4 aromatic rings. The van der Waals surface area contributed by atoms with Crippen molar-refractivity contribution in [1.29, 1.82) is 0 Å². The lowest BCUT2D eigenvalue weighted by Gasteiger charge is -2.22. The highest BCUT2D eigenvalue weighted by atomic mass is 32.2. The van der Waals surface area contributed by atoms with E-state index in [4.69, 9.17) is 0 Å². The van der Waals surface area contributed by atoms with Gasteiger partial charge in [0.25, 0.3) is 0 Å². The number of rotatable bonds is 8. The maximum absolute atomic E-state index is 11.8. The number of imidazole rings is 1. The van der Waals surface area contributed by atoms with E-state index in [2.05, 4.69) is 47.6 Å². The Bertz CT molecular complexity index is 1620. The Kier molecular flexibility index (Phi) is 7.48. The summed E-state index contributed by atoms with van der Waals surface area (Å²) in [6.07, 6.45) is 3.85. The van der Waals surface area contributed by atoms with E-state index in [9.17, 15) is 18.3 Å². The molecule has 0 bridgehead atoms. The normalized spacial score (nSPS) is 15.4. The van der Waals surface area contributed by atoms with Crippen LogP contribution < -0.4 is 10.7 Å². The molecule has 206 valence electrons. The van der Waals surface area contributed by atoms with Gasteiger partial charge in [0.2, 0.25) is 5.95 Å². The quantitative estimate of drug-likeness (QED) is 0.284. The fraction of sp³-hybridized carbons (Fsp3) is 0.375. The van der Waals surface area contributed by atoms with Crippen LogP contribution in [-0.2, 0) is 16.4 Å². The highest BCUT2D eigenvalue weighted by Crippen LogP contribution is 2.28. The van der Waals surface area contributed by atoms with Crippen molar-refractivity contribution in [2.75, 3.05) is 50.2 Å². The minimum atomic E-state index is -3.29. The van der Waals surface area contributed by atoms with Crippen LogP contribution in [0.1, 0.15) is 27.3 Å². The van der Waals surface area contributed by atoms with Crippen molar-refractivity contribution in [2.24, 2.45) is 0 Å². The number of aromatic nitrogens is 5. The SMILES string of the molecule is Cc1nc(Nc2nc(NN3CCCN(C)CC3)c3ncn(Cc4ccc(S(C)(=O)=O)cc4)c3n2)sc1C(=O)O. The van der Waals surface area contributed by atoms with Crippen LogP contribution in [-0.4, -0.2) is 93.4 Å². The topological polar surface area (TPSA) is 158 Å². The zero-order valence-electron chi connectivity index (χ0n) is 21.7. The number of thiazole rings is 1. The molecule has 13 nitrogen and oxygen atoms in total. The van der Waals surface area contributed by atoms with Crippen LogP contribution in [0.3, 0.4) is 0 Å². The second-order valence-corrected chi connectivity index (χ2v) is 12.5. The van der Waals surface area contributed by atoms with Gasteiger partial charge in [-0.1, -0.05) is 23.5 Å². The number of carbonyl (C=O) groups is 1. The van der Waals surface area contributed by atoms with E-state index in [0.29, 0.717) is 34.4 Å². The molecular formula is C24H29N9O4S2. The molecule has 1 aromatic carbocycles. The summed E-state index contributed by atoms with van der Waals surface area (Å²) in [7, 11) is -1.19. The third kappa shape index (κ3) is 6.16. The van der Waals surface area contributed by atoms with E-state index in [-0.39, 0.29) is 15.7 Å². The van der Waals surface area contributed by atoms with Gasteiger partial charge in [-0.15, -0.1) is 0 Å². The van der Waals surface area contributed by atoms with Crippen molar-refractivity contribution >= 4 is 55.2 Å². The minimum Gasteiger partial charge on any atom is -0.477 e. The van der Waals surface area contributed by atoms with Crippen LogP contribution in [0.2, 0.25) is 0 Å². The van der Waals surface area contributed by atoms with Gasteiger partial charge in [-0.05, 0) is 44.6 Å². The van der Waals surface area contributed by atoms with E-state index in [1.54, 1.807) is 37.5 Å². The summed E-state index contributed by atoms with van der Waals surface area (Å²) >= 11 is 1.01. The van der Waals surface area contributed by atoms with Gasteiger partial charge in [-0.2, -0.15) is 9.97 Å². The van der Waals surface area contributed by atoms with E-state index in [0.717, 1.165) is 49.5 Å². The number of hydrogen-bond donors (Lipinski definition) is 3. The maximum Gasteiger partial charge on any atom is 0.347 e. The molecule has 39 heavy (non-hydrogen) atoms. The zero-order chi connectivity index (χ0) is 27.7. The number of aromatic carboxylic acids is 1. The Morgan fingerprint density at radius 3 is 2.56 bits per heavy atom. The number of nitrogens with zero attached hydrogens (tertiary/aromatic N) is 7. The van der Waals surface area contributed by atoms with Crippen LogP contribution in [0.15, 0.2) is 35.5 Å². The number of likely N-dealkylation sites (N-methyl/N-ethyl adjacent to an activating group) is 1.